The third-order valence-corrected chi connectivity index (χ3v) is 4.04. The molecule has 6 nitrogen and oxygen atoms in total. The number of hydrogen-bond acceptors (Lipinski definition) is 5. The minimum absolute atomic E-state index is 0.0430. The lowest BCUT2D eigenvalue weighted by Gasteiger charge is -2.10. The monoisotopic (exact) mass is 356 g/mol. The molecule has 26 heavy (non-hydrogen) atoms. The molecule has 0 aromatic heterocycles. The lowest BCUT2D eigenvalue weighted by atomic mass is 9.99. The van der Waals surface area contributed by atoms with Crippen LogP contribution in [0.4, 0.5) is 0 Å². The summed E-state index contributed by atoms with van der Waals surface area (Å²) in [5.41, 5.74) is 4.32. The number of methoxy groups -OCH3 is 1. The van der Waals surface area contributed by atoms with E-state index in [2.05, 4.69) is 24.4 Å². The van der Waals surface area contributed by atoms with Crippen LogP contribution in [0.15, 0.2) is 47.6 Å². The Kier molecular flexibility index (Phi) is 7.02. The van der Waals surface area contributed by atoms with Gasteiger partial charge in [0.15, 0.2) is 18.1 Å². The summed E-state index contributed by atoms with van der Waals surface area (Å²) >= 11 is 0. The molecule has 2 aromatic rings. The molecule has 6 heteroatoms. The van der Waals surface area contributed by atoms with Crippen LogP contribution < -0.4 is 14.9 Å². The van der Waals surface area contributed by atoms with Gasteiger partial charge in [-0.15, -0.1) is 0 Å². The molecule has 1 atom stereocenters. The fourth-order valence-corrected chi connectivity index (χ4v) is 2.26. The number of phenolic OH excluding ortho intramolecular Hbond substituents is 1. The quantitative estimate of drug-likeness (QED) is 0.561. The molecule has 0 bridgehead atoms. The van der Waals surface area contributed by atoms with Gasteiger partial charge < -0.3 is 14.6 Å². The molecule has 0 unspecified atom stereocenters. The van der Waals surface area contributed by atoms with E-state index in [1.165, 1.54) is 25.0 Å². The first kappa shape index (κ1) is 19.3. The van der Waals surface area contributed by atoms with Crippen molar-refractivity contribution in [1.82, 2.24) is 5.43 Å². The molecule has 0 aliphatic heterocycles. The Morgan fingerprint density at radius 2 is 2.00 bits per heavy atom. The summed E-state index contributed by atoms with van der Waals surface area (Å²) in [7, 11) is 1.46. The SMILES string of the molecule is CC[C@H](C)c1ccc(OCC(=O)N/N=C\c2ccc(O)c(OC)c2)cc1. The lowest BCUT2D eigenvalue weighted by molar-refractivity contribution is -0.123. The second kappa shape index (κ2) is 9.46. The lowest BCUT2D eigenvalue weighted by Crippen LogP contribution is -2.24. The molecule has 2 N–H and O–H groups in total. The summed E-state index contributed by atoms with van der Waals surface area (Å²) in [6, 6.07) is 12.5. The van der Waals surface area contributed by atoms with E-state index in [4.69, 9.17) is 9.47 Å². The molecule has 2 aromatic carbocycles. The van der Waals surface area contributed by atoms with Crippen molar-refractivity contribution in [3.05, 3.63) is 53.6 Å². The van der Waals surface area contributed by atoms with Crippen molar-refractivity contribution in [2.24, 2.45) is 5.10 Å². The van der Waals surface area contributed by atoms with Gasteiger partial charge in [0, 0.05) is 0 Å². The minimum atomic E-state index is -0.363. The Morgan fingerprint density at radius 3 is 2.65 bits per heavy atom. The molecule has 0 saturated heterocycles. The largest absolute Gasteiger partial charge is 0.504 e. The van der Waals surface area contributed by atoms with Crippen LogP contribution in [-0.2, 0) is 4.79 Å². The summed E-state index contributed by atoms with van der Waals surface area (Å²) in [6.45, 7) is 4.19. The Labute approximate surface area is 153 Å². The third-order valence-electron chi connectivity index (χ3n) is 4.04. The number of phenols is 1. The maximum Gasteiger partial charge on any atom is 0.277 e. The molecular formula is C20H24N2O4. The molecule has 0 heterocycles. The van der Waals surface area contributed by atoms with Gasteiger partial charge in [0.1, 0.15) is 5.75 Å². The molecule has 0 radical (unpaired) electrons. The molecule has 2 rings (SSSR count). The predicted octanol–water partition coefficient (Wildman–Crippen LogP) is 3.44. The van der Waals surface area contributed by atoms with E-state index >= 15 is 0 Å². The summed E-state index contributed by atoms with van der Waals surface area (Å²) in [4.78, 5) is 11.8. The summed E-state index contributed by atoms with van der Waals surface area (Å²) < 4.78 is 10.5. The summed E-state index contributed by atoms with van der Waals surface area (Å²) in [5.74, 6) is 1.16. The van der Waals surface area contributed by atoms with Crippen LogP contribution in [0.2, 0.25) is 0 Å². The van der Waals surface area contributed by atoms with Crippen molar-refractivity contribution in [3.63, 3.8) is 0 Å². The third kappa shape index (κ3) is 5.51. The average molecular weight is 356 g/mol. The number of rotatable bonds is 8. The minimum Gasteiger partial charge on any atom is -0.504 e. The van der Waals surface area contributed by atoms with Crippen molar-refractivity contribution in [2.45, 2.75) is 26.2 Å². The number of nitrogens with one attached hydrogen (secondary N) is 1. The topological polar surface area (TPSA) is 80.2 Å². The molecule has 0 spiro atoms. The van der Waals surface area contributed by atoms with Crippen molar-refractivity contribution >= 4 is 12.1 Å². The van der Waals surface area contributed by atoms with E-state index in [1.807, 2.05) is 24.3 Å². The van der Waals surface area contributed by atoms with Crippen LogP contribution in [0, 0.1) is 0 Å². The predicted molar refractivity (Wildman–Crippen MR) is 101 cm³/mol. The second-order valence-corrected chi connectivity index (χ2v) is 5.89. The van der Waals surface area contributed by atoms with Crippen molar-refractivity contribution in [1.29, 1.82) is 0 Å². The first-order valence-electron chi connectivity index (χ1n) is 8.45. The maximum absolute atomic E-state index is 11.8. The van der Waals surface area contributed by atoms with E-state index in [-0.39, 0.29) is 18.3 Å². The van der Waals surface area contributed by atoms with E-state index in [0.29, 0.717) is 23.0 Å². The van der Waals surface area contributed by atoms with Gasteiger partial charge in [-0.1, -0.05) is 26.0 Å². The number of hydrogen-bond donors (Lipinski definition) is 2. The van der Waals surface area contributed by atoms with Gasteiger partial charge in [0.2, 0.25) is 0 Å². The molecule has 0 aliphatic rings. The number of nitrogens with zero attached hydrogens (tertiary/aromatic N) is 1. The van der Waals surface area contributed by atoms with Gasteiger partial charge in [-0.2, -0.15) is 5.10 Å². The zero-order valence-electron chi connectivity index (χ0n) is 15.2. The van der Waals surface area contributed by atoms with Crippen LogP contribution in [0.25, 0.3) is 0 Å². The smallest absolute Gasteiger partial charge is 0.277 e. The van der Waals surface area contributed by atoms with Gasteiger partial charge >= 0.3 is 0 Å². The average Bonchev–Trinajstić information content (AvgIpc) is 2.67. The van der Waals surface area contributed by atoms with Gasteiger partial charge in [0.25, 0.3) is 5.91 Å². The number of aromatic hydroxyl groups is 1. The Hall–Kier alpha value is -3.02. The number of hydrazone groups is 1. The molecule has 0 saturated carbocycles. The summed E-state index contributed by atoms with van der Waals surface area (Å²) in [5, 5.41) is 13.4. The second-order valence-electron chi connectivity index (χ2n) is 5.89. The van der Waals surface area contributed by atoms with E-state index in [1.54, 1.807) is 12.1 Å². The van der Waals surface area contributed by atoms with E-state index in [0.717, 1.165) is 6.42 Å². The van der Waals surface area contributed by atoms with Gasteiger partial charge in [-0.25, -0.2) is 5.43 Å². The van der Waals surface area contributed by atoms with Crippen LogP contribution in [-0.4, -0.2) is 30.9 Å². The van der Waals surface area contributed by atoms with Crippen molar-refractivity contribution in [3.8, 4) is 17.2 Å². The van der Waals surface area contributed by atoms with Crippen molar-refractivity contribution < 1.29 is 19.4 Å². The first-order chi connectivity index (χ1) is 12.5. The maximum atomic E-state index is 11.8. The molecular weight excluding hydrogens is 332 g/mol. The van der Waals surface area contributed by atoms with E-state index in [9.17, 15) is 9.90 Å². The fraction of sp³-hybridized carbons (Fsp3) is 0.300. The van der Waals surface area contributed by atoms with Crippen LogP contribution in [0.3, 0.4) is 0 Å². The fourth-order valence-electron chi connectivity index (χ4n) is 2.26. The zero-order valence-corrected chi connectivity index (χ0v) is 15.2. The number of amides is 1. The van der Waals surface area contributed by atoms with Crippen LogP contribution in [0.5, 0.6) is 17.2 Å². The molecule has 0 fully saturated rings. The highest BCUT2D eigenvalue weighted by Crippen LogP contribution is 2.25. The molecule has 138 valence electrons. The highest BCUT2D eigenvalue weighted by Gasteiger charge is 2.05. The number of carbonyl (C=O) groups excluding carboxylic acids is 1. The summed E-state index contributed by atoms with van der Waals surface area (Å²) in [6.07, 6.45) is 2.54. The first-order valence-corrected chi connectivity index (χ1v) is 8.45. The van der Waals surface area contributed by atoms with Crippen LogP contribution in [0.1, 0.15) is 37.3 Å². The number of carbonyl (C=O) groups is 1. The standard InChI is InChI=1S/C20H24N2O4/c1-4-14(2)16-6-8-17(9-7-16)26-13-20(24)22-21-12-15-5-10-18(23)19(11-15)25-3/h5-12,14,23H,4,13H2,1-3H3,(H,22,24)/b21-12-/t14-/m0/s1. The Balaban J connectivity index is 1.81. The van der Waals surface area contributed by atoms with E-state index < -0.39 is 0 Å². The van der Waals surface area contributed by atoms with Gasteiger partial charge in [0.05, 0.1) is 13.3 Å². The van der Waals surface area contributed by atoms with Gasteiger partial charge in [-0.05, 0) is 53.8 Å². The highest BCUT2D eigenvalue weighted by atomic mass is 16.5. The Morgan fingerprint density at radius 1 is 1.27 bits per heavy atom. The number of ether oxygens (including phenoxy) is 2. The Bertz CT molecular complexity index is 757. The molecule has 0 aliphatic carbocycles. The highest BCUT2D eigenvalue weighted by molar-refractivity contribution is 5.83. The molecule has 1 amide bonds. The zero-order chi connectivity index (χ0) is 18.9. The van der Waals surface area contributed by atoms with Crippen LogP contribution >= 0.6 is 0 Å². The number of benzene rings is 2. The van der Waals surface area contributed by atoms with Crippen molar-refractivity contribution in [2.75, 3.05) is 13.7 Å². The normalized spacial score (nSPS) is 12.0. The van der Waals surface area contributed by atoms with Gasteiger partial charge in [-0.3, -0.25) is 4.79 Å².